The molecule has 0 N–H and O–H groups in total. The van der Waals surface area contributed by atoms with Crippen LogP contribution in [0, 0.1) is 4.91 Å². The quantitative estimate of drug-likeness (QED) is 0.540. The van der Waals surface area contributed by atoms with Crippen LogP contribution in [-0.4, -0.2) is 17.9 Å². The minimum absolute atomic E-state index is 0.269. The van der Waals surface area contributed by atoms with E-state index < -0.39 is 5.91 Å². The molecule has 0 rings (SSSR count). The molecule has 0 aliphatic rings. The molecule has 0 aliphatic carbocycles. The Balaban J connectivity index is 3.11. The van der Waals surface area contributed by atoms with Gasteiger partial charge in [-0.25, -0.2) is 0 Å². The first-order valence-electron chi connectivity index (χ1n) is 2.16. The van der Waals surface area contributed by atoms with E-state index in [4.69, 9.17) is 0 Å². The van der Waals surface area contributed by atoms with E-state index in [2.05, 4.69) is 5.18 Å². The predicted octanol–water partition coefficient (Wildman–Crippen LogP) is 1.03. The SMILES string of the molecule is CSCCC(=O)N=O. The summed E-state index contributed by atoms with van der Waals surface area (Å²) in [6.07, 6.45) is 2.14. The lowest BCUT2D eigenvalue weighted by molar-refractivity contribution is -0.117. The number of rotatable bonds is 3. The summed E-state index contributed by atoms with van der Waals surface area (Å²) < 4.78 is 0. The summed E-state index contributed by atoms with van der Waals surface area (Å²) in [4.78, 5) is 19.5. The van der Waals surface area contributed by atoms with Crippen LogP contribution in [0.3, 0.4) is 0 Å². The topological polar surface area (TPSA) is 46.5 Å². The highest BCUT2D eigenvalue weighted by atomic mass is 32.2. The fourth-order valence-corrected chi connectivity index (χ4v) is 0.614. The lowest BCUT2D eigenvalue weighted by atomic mass is 10.5. The Labute approximate surface area is 51.8 Å². The van der Waals surface area contributed by atoms with Gasteiger partial charge in [-0.1, -0.05) is 0 Å². The van der Waals surface area contributed by atoms with Gasteiger partial charge in [0.1, 0.15) is 0 Å². The Morgan fingerprint density at radius 3 is 2.75 bits per heavy atom. The lowest BCUT2D eigenvalue weighted by Gasteiger charge is -1.84. The molecule has 0 heterocycles. The van der Waals surface area contributed by atoms with Gasteiger partial charge in [0.25, 0.3) is 5.91 Å². The average molecular weight is 133 g/mol. The van der Waals surface area contributed by atoms with Crippen LogP contribution >= 0.6 is 11.8 Å². The van der Waals surface area contributed by atoms with Gasteiger partial charge < -0.3 is 0 Å². The molecule has 0 saturated carbocycles. The molecular formula is C4H7NO2S. The van der Waals surface area contributed by atoms with Gasteiger partial charge in [-0.05, 0) is 6.26 Å². The molecule has 3 nitrogen and oxygen atoms in total. The third-order valence-electron chi connectivity index (χ3n) is 0.622. The number of hydrogen-bond donors (Lipinski definition) is 0. The Bertz CT molecular complexity index is 94.0. The molecule has 0 aromatic heterocycles. The second-order valence-electron chi connectivity index (χ2n) is 1.23. The average Bonchev–Trinajstić information content (AvgIpc) is 1.83. The maximum Gasteiger partial charge on any atom is 0.287 e. The van der Waals surface area contributed by atoms with E-state index >= 15 is 0 Å². The Morgan fingerprint density at radius 1 is 1.75 bits per heavy atom. The molecule has 0 saturated heterocycles. The standard InChI is InChI=1S/C4H7NO2S/c1-8-3-2-4(6)5-7/h2-3H2,1H3. The molecule has 0 fully saturated rings. The number of nitroso groups, excluding NO2 is 1. The normalized spacial score (nSPS) is 8.62. The number of amides is 1. The van der Waals surface area contributed by atoms with Crippen molar-refractivity contribution in [1.29, 1.82) is 0 Å². The predicted molar refractivity (Wildman–Crippen MR) is 33.8 cm³/mol. The minimum atomic E-state index is -0.556. The molecule has 0 aromatic rings. The van der Waals surface area contributed by atoms with Crippen LogP contribution in [0.25, 0.3) is 0 Å². The molecule has 8 heavy (non-hydrogen) atoms. The number of thioether (sulfide) groups is 1. The van der Waals surface area contributed by atoms with E-state index in [1.165, 1.54) is 11.8 Å². The van der Waals surface area contributed by atoms with Crippen LogP contribution in [-0.2, 0) is 4.79 Å². The summed E-state index contributed by atoms with van der Waals surface area (Å²) in [6, 6.07) is 0. The highest BCUT2D eigenvalue weighted by Crippen LogP contribution is 1.95. The van der Waals surface area contributed by atoms with Crippen molar-refractivity contribution in [2.75, 3.05) is 12.0 Å². The fraction of sp³-hybridized carbons (Fsp3) is 0.750. The fourth-order valence-electron chi connectivity index (χ4n) is 0.235. The van der Waals surface area contributed by atoms with E-state index in [1.54, 1.807) is 0 Å². The third kappa shape index (κ3) is 3.80. The first-order chi connectivity index (χ1) is 3.81. The van der Waals surface area contributed by atoms with Gasteiger partial charge in [0, 0.05) is 17.4 Å². The summed E-state index contributed by atoms with van der Waals surface area (Å²) in [5.41, 5.74) is 0. The van der Waals surface area contributed by atoms with Crippen LogP contribution in [0.1, 0.15) is 6.42 Å². The second-order valence-corrected chi connectivity index (χ2v) is 2.21. The van der Waals surface area contributed by atoms with E-state index in [0.29, 0.717) is 5.75 Å². The molecule has 0 atom stereocenters. The minimum Gasteiger partial charge on any atom is -0.269 e. The highest BCUT2D eigenvalue weighted by Gasteiger charge is 1.96. The van der Waals surface area contributed by atoms with Crippen LogP contribution in [0.15, 0.2) is 5.18 Å². The van der Waals surface area contributed by atoms with Gasteiger partial charge in [0.2, 0.25) is 0 Å². The number of carbonyl (C=O) groups excluding carboxylic acids is 1. The number of nitrogens with zero attached hydrogens (tertiary/aromatic N) is 1. The van der Waals surface area contributed by atoms with E-state index in [1.807, 2.05) is 6.26 Å². The lowest BCUT2D eigenvalue weighted by Crippen LogP contribution is -1.92. The number of carbonyl (C=O) groups is 1. The van der Waals surface area contributed by atoms with Crippen molar-refractivity contribution in [2.45, 2.75) is 6.42 Å². The van der Waals surface area contributed by atoms with Crippen molar-refractivity contribution in [3.05, 3.63) is 4.91 Å². The van der Waals surface area contributed by atoms with Gasteiger partial charge in [0.15, 0.2) is 0 Å². The zero-order valence-electron chi connectivity index (χ0n) is 4.59. The maximum absolute atomic E-state index is 10.1. The molecule has 0 radical (unpaired) electrons. The largest absolute Gasteiger partial charge is 0.287 e. The molecule has 0 aliphatic heterocycles. The summed E-state index contributed by atoms with van der Waals surface area (Å²) in [6.45, 7) is 0. The van der Waals surface area contributed by atoms with E-state index in [0.717, 1.165) is 0 Å². The highest BCUT2D eigenvalue weighted by molar-refractivity contribution is 7.98. The zero-order valence-corrected chi connectivity index (χ0v) is 5.40. The number of hydrogen-bond acceptors (Lipinski definition) is 3. The molecule has 0 bridgehead atoms. The molecule has 0 aromatic carbocycles. The Kier molecular flexibility index (Phi) is 4.54. The Morgan fingerprint density at radius 2 is 2.38 bits per heavy atom. The zero-order chi connectivity index (χ0) is 6.41. The van der Waals surface area contributed by atoms with E-state index in [-0.39, 0.29) is 6.42 Å². The van der Waals surface area contributed by atoms with Crippen LogP contribution < -0.4 is 0 Å². The van der Waals surface area contributed by atoms with Crippen molar-refractivity contribution < 1.29 is 4.79 Å². The molecule has 1 amide bonds. The van der Waals surface area contributed by atoms with E-state index in [9.17, 15) is 9.70 Å². The summed E-state index contributed by atoms with van der Waals surface area (Å²) in [5.74, 6) is 0.129. The van der Waals surface area contributed by atoms with Gasteiger partial charge in [0.05, 0.1) is 0 Å². The van der Waals surface area contributed by atoms with Gasteiger partial charge in [-0.3, -0.25) is 4.79 Å². The summed E-state index contributed by atoms with van der Waals surface area (Å²) in [7, 11) is 0. The molecular weight excluding hydrogens is 126 g/mol. The Hall–Kier alpha value is -0.380. The first-order valence-corrected chi connectivity index (χ1v) is 3.55. The van der Waals surface area contributed by atoms with Crippen molar-refractivity contribution >= 4 is 17.7 Å². The molecule has 0 unspecified atom stereocenters. The first kappa shape index (κ1) is 7.62. The summed E-state index contributed by atoms with van der Waals surface area (Å²) in [5, 5.41) is 2.22. The molecule has 46 valence electrons. The molecule has 0 spiro atoms. The van der Waals surface area contributed by atoms with Crippen LogP contribution in [0.2, 0.25) is 0 Å². The van der Waals surface area contributed by atoms with Gasteiger partial charge in [-0.2, -0.15) is 11.8 Å². The monoisotopic (exact) mass is 133 g/mol. The third-order valence-corrected chi connectivity index (χ3v) is 1.23. The maximum atomic E-state index is 10.1. The smallest absolute Gasteiger partial charge is 0.269 e. The van der Waals surface area contributed by atoms with Crippen molar-refractivity contribution in [1.82, 2.24) is 0 Å². The molecule has 4 heteroatoms. The van der Waals surface area contributed by atoms with Crippen LogP contribution in [0.5, 0.6) is 0 Å². The summed E-state index contributed by atoms with van der Waals surface area (Å²) >= 11 is 1.53. The van der Waals surface area contributed by atoms with Crippen molar-refractivity contribution in [3.8, 4) is 0 Å². The second kappa shape index (κ2) is 4.77. The van der Waals surface area contributed by atoms with Crippen molar-refractivity contribution in [2.24, 2.45) is 5.18 Å². The van der Waals surface area contributed by atoms with Gasteiger partial charge >= 0.3 is 0 Å². The van der Waals surface area contributed by atoms with Gasteiger partial charge in [-0.15, -0.1) is 4.91 Å². The van der Waals surface area contributed by atoms with Crippen LogP contribution in [0.4, 0.5) is 0 Å². The van der Waals surface area contributed by atoms with Crippen molar-refractivity contribution in [3.63, 3.8) is 0 Å².